The van der Waals surface area contributed by atoms with E-state index in [0.29, 0.717) is 50.3 Å². The van der Waals surface area contributed by atoms with Crippen LogP contribution in [0.15, 0.2) is 60.7 Å². The zero-order chi connectivity index (χ0) is 21.3. The molecule has 0 radical (unpaired) electrons. The van der Waals surface area contributed by atoms with E-state index in [4.69, 9.17) is 33.7 Å². The Hall–Kier alpha value is -3.09. The van der Waals surface area contributed by atoms with Crippen LogP contribution in [-0.2, 0) is 11.3 Å². The molecule has 0 spiro atoms. The van der Waals surface area contributed by atoms with Gasteiger partial charge in [-0.05, 0) is 36.4 Å². The summed E-state index contributed by atoms with van der Waals surface area (Å²) in [6, 6.07) is 16.8. The first-order chi connectivity index (χ1) is 14.4. The Labute approximate surface area is 181 Å². The van der Waals surface area contributed by atoms with Gasteiger partial charge in [0.2, 0.25) is 0 Å². The summed E-state index contributed by atoms with van der Waals surface area (Å²) in [6.07, 6.45) is 0. The number of benzene rings is 3. The second-order valence-electron chi connectivity index (χ2n) is 6.61. The number of nitrogens with zero attached hydrogens (tertiary/aromatic N) is 2. The normalized spacial score (nSPS) is 11.0. The summed E-state index contributed by atoms with van der Waals surface area (Å²) in [5.74, 6) is -0.0405. The van der Waals surface area contributed by atoms with Crippen LogP contribution in [-0.4, -0.2) is 22.1 Å². The highest BCUT2D eigenvalue weighted by Crippen LogP contribution is 2.34. The number of hydrogen-bond acceptors (Lipinski definition) is 3. The number of para-hydroxylation sites is 1. The Morgan fingerprint density at radius 2 is 1.80 bits per heavy atom. The highest BCUT2D eigenvalue weighted by Gasteiger charge is 2.19. The largest absolute Gasteiger partial charge is 0.483 e. The summed E-state index contributed by atoms with van der Waals surface area (Å²) in [5, 5.41) is 1.02. The Balaban J connectivity index is 1.91. The summed E-state index contributed by atoms with van der Waals surface area (Å²) in [4.78, 5) is 15.8. The third-order valence-corrected chi connectivity index (χ3v) is 5.29. The van der Waals surface area contributed by atoms with Gasteiger partial charge in [-0.1, -0.05) is 41.4 Å². The van der Waals surface area contributed by atoms with Crippen LogP contribution in [0.5, 0.6) is 5.75 Å². The molecule has 0 aliphatic heterocycles. The zero-order valence-corrected chi connectivity index (χ0v) is 17.1. The van der Waals surface area contributed by atoms with Gasteiger partial charge in [-0.2, -0.15) is 0 Å². The van der Waals surface area contributed by atoms with E-state index in [-0.39, 0.29) is 6.61 Å². The second-order valence-corrected chi connectivity index (χ2v) is 7.42. The summed E-state index contributed by atoms with van der Waals surface area (Å²) in [7, 11) is 0. The van der Waals surface area contributed by atoms with Crippen LogP contribution in [0.3, 0.4) is 0 Å². The molecule has 1 heterocycles. The number of nitrogens with two attached hydrogens (primary N) is 1. The maximum atomic E-state index is 13.9. The molecule has 3 aromatic carbocycles. The van der Waals surface area contributed by atoms with Crippen LogP contribution in [0.25, 0.3) is 22.4 Å². The van der Waals surface area contributed by atoms with Gasteiger partial charge in [-0.15, -0.1) is 0 Å². The molecule has 0 saturated heterocycles. The molecule has 0 bridgehead atoms. The van der Waals surface area contributed by atoms with Gasteiger partial charge in [0.25, 0.3) is 5.91 Å². The molecule has 1 aromatic heterocycles. The number of hydrogen-bond donors (Lipinski definition) is 1. The lowest BCUT2D eigenvalue weighted by Gasteiger charge is -2.14. The number of fused-ring (bicyclic) bond motifs is 1. The van der Waals surface area contributed by atoms with Gasteiger partial charge in [-0.3, -0.25) is 4.79 Å². The summed E-state index contributed by atoms with van der Waals surface area (Å²) < 4.78 is 21.3. The lowest BCUT2D eigenvalue weighted by atomic mass is 10.1. The first kappa shape index (κ1) is 20.2. The van der Waals surface area contributed by atoms with Crippen LogP contribution >= 0.6 is 23.2 Å². The zero-order valence-electron chi connectivity index (χ0n) is 15.6. The average Bonchev–Trinajstić information content (AvgIpc) is 3.06. The number of aromatic nitrogens is 2. The molecule has 0 atom stereocenters. The van der Waals surface area contributed by atoms with E-state index in [0.717, 1.165) is 0 Å². The van der Waals surface area contributed by atoms with Gasteiger partial charge >= 0.3 is 0 Å². The minimum atomic E-state index is -0.594. The lowest BCUT2D eigenvalue weighted by molar-refractivity contribution is -0.119. The van der Waals surface area contributed by atoms with Crippen LogP contribution in [0.2, 0.25) is 10.0 Å². The minimum Gasteiger partial charge on any atom is -0.483 e. The van der Waals surface area contributed by atoms with Crippen molar-refractivity contribution in [1.82, 2.24) is 9.55 Å². The number of rotatable bonds is 6. The molecular formula is C22H16Cl2FN3O2. The van der Waals surface area contributed by atoms with E-state index in [1.165, 1.54) is 12.1 Å². The van der Waals surface area contributed by atoms with Crippen molar-refractivity contribution in [3.8, 4) is 17.1 Å². The SMILES string of the molecule is NC(=O)COc1ccccc1-c1nc2cc(F)ccc2n1Cc1c(Cl)cccc1Cl. The first-order valence-electron chi connectivity index (χ1n) is 9.03. The van der Waals surface area contributed by atoms with Crippen molar-refractivity contribution in [2.45, 2.75) is 6.54 Å². The topological polar surface area (TPSA) is 70.1 Å². The molecular weight excluding hydrogens is 428 g/mol. The van der Waals surface area contributed by atoms with Gasteiger partial charge < -0.3 is 15.0 Å². The summed E-state index contributed by atoms with van der Waals surface area (Å²) >= 11 is 12.8. The van der Waals surface area contributed by atoms with E-state index in [2.05, 4.69) is 4.98 Å². The smallest absolute Gasteiger partial charge is 0.255 e. The highest BCUT2D eigenvalue weighted by molar-refractivity contribution is 6.36. The molecule has 0 aliphatic carbocycles. The Morgan fingerprint density at radius 3 is 2.53 bits per heavy atom. The molecule has 4 aromatic rings. The van der Waals surface area contributed by atoms with Crippen molar-refractivity contribution in [3.05, 3.63) is 82.1 Å². The fourth-order valence-electron chi connectivity index (χ4n) is 3.24. The van der Waals surface area contributed by atoms with E-state index in [9.17, 15) is 9.18 Å². The third-order valence-electron chi connectivity index (χ3n) is 4.59. The average molecular weight is 444 g/mol. The van der Waals surface area contributed by atoms with Crippen LogP contribution < -0.4 is 10.5 Å². The van der Waals surface area contributed by atoms with E-state index < -0.39 is 11.7 Å². The van der Waals surface area contributed by atoms with Gasteiger partial charge in [0.15, 0.2) is 6.61 Å². The van der Waals surface area contributed by atoms with Crippen molar-refractivity contribution in [2.75, 3.05) is 6.61 Å². The third kappa shape index (κ3) is 3.97. The number of ether oxygens (including phenoxy) is 1. The van der Waals surface area contributed by atoms with Gasteiger partial charge in [0.05, 0.1) is 23.1 Å². The highest BCUT2D eigenvalue weighted by atomic mass is 35.5. The van der Waals surface area contributed by atoms with Gasteiger partial charge in [0.1, 0.15) is 17.4 Å². The molecule has 152 valence electrons. The fourth-order valence-corrected chi connectivity index (χ4v) is 3.75. The van der Waals surface area contributed by atoms with Gasteiger partial charge in [-0.25, -0.2) is 9.37 Å². The predicted octanol–water partition coefficient (Wildman–Crippen LogP) is 5.06. The van der Waals surface area contributed by atoms with Crippen LogP contribution in [0.1, 0.15) is 5.56 Å². The summed E-state index contributed by atoms with van der Waals surface area (Å²) in [5.41, 5.74) is 7.72. The number of primary amides is 1. The Kier molecular flexibility index (Phi) is 5.61. The number of carbonyl (C=O) groups is 1. The standard InChI is InChI=1S/C22H16Cl2FN3O2/c23-16-5-3-6-17(24)15(16)11-28-19-9-8-13(25)10-18(19)27-22(28)14-4-1-2-7-20(14)30-12-21(26)29/h1-10H,11-12H2,(H2,26,29). The number of imidazole rings is 1. The van der Waals surface area contributed by atoms with Crippen molar-refractivity contribution in [3.63, 3.8) is 0 Å². The van der Waals surface area contributed by atoms with Crippen molar-refractivity contribution in [1.29, 1.82) is 0 Å². The Morgan fingerprint density at radius 1 is 1.07 bits per heavy atom. The minimum absolute atomic E-state index is 0.276. The number of carbonyl (C=O) groups excluding carboxylic acids is 1. The molecule has 5 nitrogen and oxygen atoms in total. The Bertz CT molecular complexity index is 1240. The predicted molar refractivity (Wildman–Crippen MR) is 115 cm³/mol. The van der Waals surface area contributed by atoms with E-state index in [1.54, 1.807) is 42.5 Å². The van der Waals surface area contributed by atoms with Crippen LogP contribution in [0.4, 0.5) is 4.39 Å². The van der Waals surface area contributed by atoms with E-state index in [1.807, 2.05) is 10.6 Å². The molecule has 8 heteroatoms. The molecule has 0 unspecified atom stereocenters. The lowest BCUT2D eigenvalue weighted by Crippen LogP contribution is -2.20. The molecule has 0 aliphatic rings. The van der Waals surface area contributed by atoms with Crippen LogP contribution in [0, 0.1) is 5.82 Å². The molecule has 0 saturated carbocycles. The number of halogens is 3. The van der Waals surface area contributed by atoms with E-state index >= 15 is 0 Å². The van der Waals surface area contributed by atoms with Gasteiger partial charge in [0, 0.05) is 21.7 Å². The monoisotopic (exact) mass is 443 g/mol. The molecule has 0 fully saturated rings. The van der Waals surface area contributed by atoms with Crippen molar-refractivity contribution in [2.24, 2.45) is 5.73 Å². The fraction of sp³-hybridized carbons (Fsp3) is 0.0909. The molecule has 2 N–H and O–H groups in total. The quantitative estimate of drug-likeness (QED) is 0.452. The van der Waals surface area contributed by atoms with Crippen molar-refractivity contribution < 1.29 is 13.9 Å². The summed E-state index contributed by atoms with van der Waals surface area (Å²) in [6.45, 7) is 0.0301. The maximum Gasteiger partial charge on any atom is 0.255 e. The first-order valence-corrected chi connectivity index (χ1v) is 9.79. The molecule has 1 amide bonds. The van der Waals surface area contributed by atoms with Crippen molar-refractivity contribution >= 4 is 40.1 Å². The molecule has 30 heavy (non-hydrogen) atoms. The number of amides is 1. The molecule has 4 rings (SSSR count). The maximum absolute atomic E-state index is 13.9. The second kappa shape index (κ2) is 8.34.